The first-order valence-electron chi connectivity index (χ1n) is 12.6. The summed E-state index contributed by atoms with van der Waals surface area (Å²) in [7, 11) is 5.49. The number of benzene rings is 3. The van der Waals surface area contributed by atoms with Gasteiger partial charge in [0.2, 0.25) is 0 Å². The van der Waals surface area contributed by atoms with E-state index in [4.69, 9.17) is 9.47 Å². The van der Waals surface area contributed by atoms with E-state index in [0.717, 1.165) is 17.7 Å². The molecule has 1 atom stereocenters. The second kappa shape index (κ2) is 12.0. The van der Waals surface area contributed by atoms with Crippen LogP contribution in [0, 0.1) is 6.92 Å². The molecule has 0 aliphatic carbocycles. The van der Waals surface area contributed by atoms with E-state index in [1.807, 2.05) is 56.3 Å². The van der Waals surface area contributed by atoms with Crippen LogP contribution in [0.15, 0.2) is 78.4 Å². The highest BCUT2D eigenvalue weighted by Crippen LogP contribution is 2.40. The quantitative estimate of drug-likeness (QED) is 0.234. The van der Waals surface area contributed by atoms with E-state index in [1.165, 1.54) is 0 Å². The van der Waals surface area contributed by atoms with Crippen molar-refractivity contribution < 1.29 is 24.2 Å². The summed E-state index contributed by atoms with van der Waals surface area (Å²) in [6.45, 7) is 3.59. The standard InChI is InChI=1S/C31H34N2O5/c1-21-8-5-9-22(18-21)20-38-25-14-12-23(13-15-25)29(34)27-28(24-10-6-11-26(19-24)37-4)33(31(36)30(27)35)17-7-16-32(2)3/h5-6,8-15,18-19,28,34H,7,16-17,20H2,1-4H3. The summed E-state index contributed by atoms with van der Waals surface area (Å²) < 4.78 is 11.3. The summed E-state index contributed by atoms with van der Waals surface area (Å²) in [6, 6.07) is 21.5. The van der Waals surface area contributed by atoms with Crippen LogP contribution in [0.3, 0.4) is 0 Å². The maximum Gasteiger partial charge on any atom is 0.295 e. The van der Waals surface area contributed by atoms with Gasteiger partial charge >= 0.3 is 0 Å². The summed E-state index contributed by atoms with van der Waals surface area (Å²) in [6.07, 6.45) is 0.688. The van der Waals surface area contributed by atoms with Crippen LogP contribution in [-0.4, -0.2) is 60.9 Å². The molecular weight excluding hydrogens is 480 g/mol. The average Bonchev–Trinajstić information content (AvgIpc) is 3.17. The lowest BCUT2D eigenvalue weighted by atomic mass is 9.95. The Hall–Kier alpha value is -4.10. The number of carbonyl (C=O) groups excluding carboxylic acids is 2. The Bertz CT molecular complexity index is 1330. The lowest BCUT2D eigenvalue weighted by molar-refractivity contribution is -0.139. The van der Waals surface area contributed by atoms with Crippen molar-refractivity contribution >= 4 is 17.4 Å². The van der Waals surface area contributed by atoms with E-state index in [1.54, 1.807) is 48.4 Å². The molecule has 1 fully saturated rings. The number of aliphatic hydroxyl groups excluding tert-OH is 1. The first-order valence-corrected chi connectivity index (χ1v) is 12.6. The predicted molar refractivity (Wildman–Crippen MR) is 147 cm³/mol. The highest BCUT2D eigenvalue weighted by molar-refractivity contribution is 6.46. The molecule has 0 radical (unpaired) electrons. The van der Waals surface area contributed by atoms with E-state index >= 15 is 0 Å². The van der Waals surface area contributed by atoms with Gasteiger partial charge < -0.3 is 24.4 Å². The highest BCUT2D eigenvalue weighted by Gasteiger charge is 2.45. The summed E-state index contributed by atoms with van der Waals surface area (Å²) >= 11 is 0. The lowest BCUT2D eigenvalue weighted by Gasteiger charge is -2.26. The smallest absolute Gasteiger partial charge is 0.295 e. The van der Waals surface area contributed by atoms with Gasteiger partial charge in [0.15, 0.2) is 0 Å². The Morgan fingerprint density at radius 3 is 2.39 bits per heavy atom. The minimum atomic E-state index is -0.718. The van der Waals surface area contributed by atoms with Crippen molar-refractivity contribution in [3.8, 4) is 11.5 Å². The molecule has 1 unspecified atom stereocenters. The molecule has 1 saturated heterocycles. The normalized spacial score (nSPS) is 16.8. The molecule has 7 nitrogen and oxygen atoms in total. The van der Waals surface area contributed by atoms with Crippen LogP contribution < -0.4 is 9.47 Å². The number of amides is 1. The van der Waals surface area contributed by atoms with Crippen molar-refractivity contribution in [2.24, 2.45) is 0 Å². The first kappa shape index (κ1) is 26.9. The van der Waals surface area contributed by atoms with Gasteiger partial charge in [0.05, 0.1) is 18.7 Å². The van der Waals surface area contributed by atoms with E-state index in [2.05, 4.69) is 6.07 Å². The number of aliphatic hydroxyl groups is 1. The maximum atomic E-state index is 13.2. The largest absolute Gasteiger partial charge is 0.507 e. The third kappa shape index (κ3) is 6.06. The second-order valence-corrected chi connectivity index (χ2v) is 9.73. The Kier molecular flexibility index (Phi) is 8.48. The van der Waals surface area contributed by atoms with Crippen molar-refractivity contribution in [3.63, 3.8) is 0 Å². The number of ketones is 1. The minimum Gasteiger partial charge on any atom is -0.507 e. The first-order chi connectivity index (χ1) is 18.3. The number of methoxy groups -OCH3 is 1. The SMILES string of the molecule is COc1cccc(C2C(=C(O)c3ccc(OCc4cccc(C)c4)cc3)C(=O)C(=O)N2CCCN(C)C)c1. The van der Waals surface area contributed by atoms with Crippen LogP contribution in [0.4, 0.5) is 0 Å². The van der Waals surface area contributed by atoms with Crippen LogP contribution in [0.25, 0.3) is 5.76 Å². The van der Waals surface area contributed by atoms with Crippen LogP contribution in [-0.2, 0) is 16.2 Å². The summed E-state index contributed by atoms with van der Waals surface area (Å²) in [4.78, 5) is 29.9. The molecule has 1 aliphatic rings. The van der Waals surface area contributed by atoms with Gasteiger partial charge in [0.1, 0.15) is 23.9 Å². The van der Waals surface area contributed by atoms with Gasteiger partial charge in [-0.2, -0.15) is 0 Å². The Balaban J connectivity index is 1.64. The molecular formula is C31H34N2O5. The van der Waals surface area contributed by atoms with Crippen LogP contribution in [0.1, 0.15) is 34.7 Å². The molecule has 1 heterocycles. The zero-order chi connectivity index (χ0) is 27.2. The van der Waals surface area contributed by atoms with Gasteiger partial charge in [-0.05, 0) is 81.5 Å². The molecule has 0 saturated carbocycles. The number of carbonyl (C=O) groups is 2. The van der Waals surface area contributed by atoms with Crippen molar-refractivity contribution in [1.29, 1.82) is 0 Å². The summed E-state index contributed by atoms with van der Waals surface area (Å²) in [5.74, 6) is -0.277. The molecule has 198 valence electrons. The third-order valence-electron chi connectivity index (χ3n) is 6.57. The molecule has 3 aromatic carbocycles. The molecule has 38 heavy (non-hydrogen) atoms. The summed E-state index contributed by atoms with van der Waals surface area (Å²) in [5, 5.41) is 11.3. The number of Topliss-reactive ketones (excluding diaryl/α,β-unsaturated/α-hetero) is 1. The number of nitrogens with zero attached hydrogens (tertiary/aromatic N) is 2. The maximum absolute atomic E-state index is 13.2. The van der Waals surface area contributed by atoms with Gasteiger partial charge in [0.25, 0.3) is 11.7 Å². The van der Waals surface area contributed by atoms with Crippen molar-refractivity contribution in [3.05, 3.63) is 101 Å². The molecule has 7 heteroatoms. The third-order valence-corrected chi connectivity index (χ3v) is 6.57. The Morgan fingerprint density at radius 2 is 1.71 bits per heavy atom. The molecule has 1 N–H and O–H groups in total. The van der Waals surface area contributed by atoms with Gasteiger partial charge in [-0.1, -0.05) is 42.0 Å². The van der Waals surface area contributed by atoms with Gasteiger partial charge in [-0.3, -0.25) is 9.59 Å². The number of ether oxygens (including phenoxy) is 2. The predicted octanol–water partition coefficient (Wildman–Crippen LogP) is 4.96. The Morgan fingerprint density at radius 1 is 0.974 bits per heavy atom. The lowest BCUT2D eigenvalue weighted by Crippen LogP contribution is -2.32. The number of aryl methyl sites for hydroxylation is 1. The van der Waals surface area contributed by atoms with E-state index in [-0.39, 0.29) is 11.3 Å². The van der Waals surface area contributed by atoms with Crippen molar-refractivity contribution in [1.82, 2.24) is 9.80 Å². The number of hydrogen-bond acceptors (Lipinski definition) is 6. The van der Waals surface area contributed by atoms with Crippen LogP contribution >= 0.6 is 0 Å². The van der Waals surface area contributed by atoms with Gasteiger partial charge in [-0.15, -0.1) is 0 Å². The number of hydrogen-bond donors (Lipinski definition) is 1. The molecule has 0 bridgehead atoms. The molecule has 1 aliphatic heterocycles. The minimum absolute atomic E-state index is 0.0709. The van der Waals surface area contributed by atoms with Crippen LogP contribution in [0.2, 0.25) is 0 Å². The number of rotatable bonds is 10. The molecule has 1 amide bonds. The van der Waals surface area contributed by atoms with E-state index in [9.17, 15) is 14.7 Å². The fourth-order valence-corrected chi connectivity index (χ4v) is 4.66. The van der Waals surface area contributed by atoms with Crippen molar-refractivity contribution in [2.75, 3.05) is 34.3 Å². The summed E-state index contributed by atoms with van der Waals surface area (Å²) in [5.41, 5.74) is 3.43. The van der Waals surface area contributed by atoms with Crippen molar-refractivity contribution in [2.45, 2.75) is 26.0 Å². The molecule has 0 spiro atoms. The zero-order valence-electron chi connectivity index (χ0n) is 22.3. The second-order valence-electron chi connectivity index (χ2n) is 9.73. The molecule has 3 aromatic rings. The fourth-order valence-electron chi connectivity index (χ4n) is 4.66. The van der Waals surface area contributed by atoms with Gasteiger partial charge in [0, 0.05) is 12.1 Å². The molecule has 0 aromatic heterocycles. The average molecular weight is 515 g/mol. The zero-order valence-corrected chi connectivity index (χ0v) is 22.3. The van der Waals surface area contributed by atoms with Crippen LogP contribution in [0.5, 0.6) is 11.5 Å². The molecule has 4 rings (SSSR count). The van der Waals surface area contributed by atoms with E-state index < -0.39 is 17.7 Å². The highest BCUT2D eigenvalue weighted by atomic mass is 16.5. The topological polar surface area (TPSA) is 79.3 Å². The monoisotopic (exact) mass is 514 g/mol. The number of likely N-dealkylation sites (tertiary alicyclic amines) is 1. The van der Waals surface area contributed by atoms with Gasteiger partial charge in [-0.25, -0.2) is 0 Å². The Labute approximate surface area is 223 Å². The fraction of sp³-hybridized carbons (Fsp3) is 0.290. The van der Waals surface area contributed by atoms with E-state index in [0.29, 0.717) is 42.2 Å².